The molecule has 0 aliphatic carbocycles. The summed E-state index contributed by atoms with van der Waals surface area (Å²) in [6.45, 7) is 1.45. The van der Waals surface area contributed by atoms with E-state index in [4.69, 9.17) is 9.73 Å². The summed E-state index contributed by atoms with van der Waals surface area (Å²) in [4.78, 5) is 9.29. The minimum atomic E-state index is 0.198. The zero-order chi connectivity index (χ0) is 18.0. The maximum absolute atomic E-state index is 11.0. The third kappa shape index (κ3) is 2.07. The van der Waals surface area contributed by atoms with E-state index in [1.165, 1.54) is 5.56 Å². The lowest BCUT2D eigenvalue weighted by molar-refractivity contribution is 0.409. The van der Waals surface area contributed by atoms with Crippen LogP contribution in [0.4, 0.5) is 11.4 Å². The van der Waals surface area contributed by atoms with Gasteiger partial charge in [-0.3, -0.25) is 9.98 Å². The van der Waals surface area contributed by atoms with Crippen LogP contribution in [0.3, 0.4) is 0 Å². The van der Waals surface area contributed by atoms with Crippen LogP contribution in [0.25, 0.3) is 16.7 Å². The Morgan fingerprint density at radius 1 is 1.23 bits per heavy atom. The normalized spacial score (nSPS) is 16.2. The second-order valence-electron chi connectivity index (χ2n) is 6.50. The minimum Gasteiger partial charge on any atom is -0.504 e. The first kappa shape index (κ1) is 16.3. The van der Waals surface area contributed by atoms with Gasteiger partial charge in [-0.1, -0.05) is 0 Å². The molecule has 3 aliphatic heterocycles. The Labute approximate surface area is 166 Å². The summed E-state index contributed by atoms with van der Waals surface area (Å²) in [5, 5.41) is 16.2. The van der Waals surface area contributed by atoms with Gasteiger partial charge in [0, 0.05) is 35.6 Å². The van der Waals surface area contributed by atoms with Gasteiger partial charge >= 0.3 is 0 Å². The maximum atomic E-state index is 11.0. The highest BCUT2D eigenvalue weighted by Crippen LogP contribution is 2.48. The van der Waals surface area contributed by atoms with Crippen LogP contribution in [-0.2, 0) is 6.42 Å². The molecule has 0 fully saturated rings. The summed E-state index contributed by atoms with van der Waals surface area (Å²) in [6.07, 6.45) is 3.54. The predicted octanol–water partition coefficient (Wildman–Crippen LogP) is 3.45. The summed E-state index contributed by atoms with van der Waals surface area (Å²) >= 11 is 7.34. The highest BCUT2D eigenvalue weighted by atomic mass is 79.9. The van der Waals surface area contributed by atoms with Crippen LogP contribution < -0.4 is 20.6 Å². The molecular weight excluding hydrogens is 462 g/mol. The Balaban J connectivity index is 2.00. The highest BCUT2D eigenvalue weighted by Gasteiger charge is 2.29. The molecule has 7 heteroatoms. The second kappa shape index (κ2) is 5.82. The van der Waals surface area contributed by atoms with Gasteiger partial charge in [0.15, 0.2) is 5.75 Å². The first-order valence-corrected chi connectivity index (χ1v) is 10.00. The lowest BCUT2D eigenvalue weighted by Gasteiger charge is -2.19. The summed E-state index contributed by atoms with van der Waals surface area (Å²) in [5.41, 5.74) is 5.60. The van der Waals surface area contributed by atoms with Crippen molar-refractivity contribution in [1.82, 2.24) is 0 Å². The first-order valence-electron chi connectivity index (χ1n) is 8.41. The van der Waals surface area contributed by atoms with E-state index < -0.39 is 0 Å². The smallest absolute Gasteiger partial charge is 0.166 e. The van der Waals surface area contributed by atoms with E-state index in [0.717, 1.165) is 67.9 Å². The Hall–Kier alpha value is -1.86. The fraction of sp³-hybridized carbons (Fsp3) is 0.263. The molecule has 0 unspecified atom stereocenters. The van der Waals surface area contributed by atoms with Crippen molar-refractivity contribution in [2.24, 2.45) is 9.98 Å². The van der Waals surface area contributed by atoms with E-state index in [2.05, 4.69) is 48.2 Å². The number of hydrogen-bond acceptors (Lipinski definition) is 5. The molecule has 5 nitrogen and oxygen atoms in total. The lowest BCUT2D eigenvalue weighted by Crippen LogP contribution is -2.33. The van der Waals surface area contributed by atoms with Crippen molar-refractivity contribution in [1.29, 1.82) is 0 Å². The van der Waals surface area contributed by atoms with Crippen molar-refractivity contribution in [2.45, 2.75) is 12.8 Å². The van der Waals surface area contributed by atoms with E-state index in [0.29, 0.717) is 11.4 Å². The average Bonchev–Trinajstić information content (AvgIpc) is 2.96. The number of ether oxygens (including phenoxy) is 1. The van der Waals surface area contributed by atoms with Crippen LogP contribution in [0.5, 0.6) is 11.5 Å². The summed E-state index contributed by atoms with van der Waals surface area (Å²) in [6, 6.07) is 2.09. The first-order chi connectivity index (χ1) is 12.6. The molecule has 0 atom stereocenters. The number of phenolic OH excluding ortho intramolecular Hbond substituents is 1. The van der Waals surface area contributed by atoms with E-state index in [9.17, 15) is 5.11 Å². The summed E-state index contributed by atoms with van der Waals surface area (Å²) < 4.78 is 7.36. The van der Waals surface area contributed by atoms with Crippen molar-refractivity contribution in [2.75, 3.05) is 25.5 Å². The number of nitrogens with zero attached hydrogens (tertiary/aromatic N) is 2. The molecule has 26 heavy (non-hydrogen) atoms. The Morgan fingerprint density at radius 3 is 2.88 bits per heavy atom. The molecule has 0 amide bonds. The number of halogens is 2. The third-order valence-electron chi connectivity index (χ3n) is 5.15. The van der Waals surface area contributed by atoms with Gasteiger partial charge in [-0.05, 0) is 61.9 Å². The van der Waals surface area contributed by atoms with Crippen LogP contribution in [-0.4, -0.2) is 31.5 Å². The number of phenols is 1. The highest BCUT2D eigenvalue weighted by molar-refractivity contribution is 9.11. The number of fused-ring (bicyclic) bond motifs is 4. The Morgan fingerprint density at radius 2 is 2.08 bits per heavy atom. The Bertz CT molecular complexity index is 1140. The van der Waals surface area contributed by atoms with Gasteiger partial charge in [0.25, 0.3) is 0 Å². The Kier molecular flexibility index (Phi) is 3.66. The van der Waals surface area contributed by atoms with Crippen LogP contribution in [0, 0.1) is 0 Å². The van der Waals surface area contributed by atoms with Gasteiger partial charge in [-0.15, -0.1) is 0 Å². The third-order valence-corrected chi connectivity index (χ3v) is 6.50. The fourth-order valence-corrected chi connectivity index (χ4v) is 5.76. The number of benzene rings is 2. The molecule has 5 rings (SSSR count). The van der Waals surface area contributed by atoms with Crippen LogP contribution in [0.1, 0.15) is 12.0 Å². The molecular formula is C19H15Br2N3O2. The van der Waals surface area contributed by atoms with Crippen LogP contribution in [0.15, 0.2) is 25.0 Å². The van der Waals surface area contributed by atoms with Gasteiger partial charge in [0.2, 0.25) is 0 Å². The number of rotatable bonds is 1. The van der Waals surface area contributed by atoms with E-state index in [1.807, 2.05) is 6.21 Å². The largest absolute Gasteiger partial charge is 0.504 e. The van der Waals surface area contributed by atoms with Gasteiger partial charge in [-0.2, -0.15) is 0 Å². The molecule has 2 aromatic rings. The van der Waals surface area contributed by atoms with Gasteiger partial charge < -0.3 is 15.2 Å². The monoisotopic (exact) mass is 475 g/mol. The molecule has 2 N–H and O–H groups in total. The van der Waals surface area contributed by atoms with Crippen molar-refractivity contribution >= 4 is 55.0 Å². The lowest BCUT2D eigenvalue weighted by atomic mass is 9.93. The van der Waals surface area contributed by atoms with E-state index >= 15 is 0 Å². The van der Waals surface area contributed by atoms with Gasteiger partial charge in [0.05, 0.1) is 27.1 Å². The second-order valence-corrected chi connectivity index (χ2v) is 8.15. The molecule has 0 spiro atoms. The van der Waals surface area contributed by atoms with Gasteiger partial charge in [-0.25, -0.2) is 0 Å². The SMILES string of the molecule is COc1c(Br)cc2c(c1Br)-c1c(c(O)c3c4c1=NCCC=4C=N3)NCC2. The van der Waals surface area contributed by atoms with E-state index in [1.54, 1.807) is 7.11 Å². The van der Waals surface area contributed by atoms with Crippen molar-refractivity contribution in [3.63, 3.8) is 0 Å². The zero-order valence-electron chi connectivity index (χ0n) is 14.0. The number of methoxy groups -OCH3 is 1. The number of nitrogens with one attached hydrogen (secondary N) is 1. The van der Waals surface area contributed by atoms with Crippen molar-refractivity contribution in [3.05, 3.63) is 31.2 Å². The molecule has 3 aliphatic rings. The molecule has 0 saturated heterocycles. The number of aliphatic imine (C=N–C) groups is 1. The molecule has 3 heterocycles. The standard InChI is InChI=1S/C19H15Br2N3O2/c1-26-19-10(20)6-8-2-4-23-17-13(11(8)14(19)21)15-12-9(3-5-22-15)7-24-16(12)18(17)25/h6-7,23,25H,2-5H2,1H3. The number of hydrogen-bond donors (Lipinski definition) is 2. The molecule has 132 valence electrons. The van der Waals surface area contributed by atoms with Crippen molar-refractivity contribution < 1.29 is 9.84 Å². The molecule has 0 aromatic heterocycles. The summed E-state index contributed by atoms with van der Waals surface area (Å²) in [7, 11) is 1.65. The molecule has 0 saturated carbocycles. The molecule has 0 radical (unpaired) electrons. The predicted molar refractivity (Wildman–Crippen MR) is 110 cm³/mol. The van der Waals surface area contributed by atoms with Gasteiger partial charge in [0.1, 0.15) is 11.4 Å². The fourth-order valence-electron chi connectivity index (χ4n) is 4.03. The average molecular weight is 477 g/mol. The number of anilines is 1. The summed E-state index contributed by atoms with van der Waals surface area (Å²) in [5.74, 6) is 0.934. The quantitative estimate of drug-likeness (QED) is 0.619. The maximum Gasteiger partial charge on any atom is 0.166 e. The molecule has 0 bridgehead atoms. The van der Waals surface area contributed by atoms with Crippen LogP contribution in [0.2, 0.25) is 0 Å². The van der Waals surface area contributed by atoms with Crippen molar-refractivity contribution in [3.8, 4) is 22.6 Å². The van der Waals surface area contributed by atoms with Crippen LogP contribution >= 0.6 is 31.9 Å². The minimum absolute atomic E-state index is 0.198. The topological polar surface area (TPSA) is 66.2 Å². The number of aromatic hydroxyl groups is 1. The zero-order valence-corrected chi connectivity index (χ0v) is 17.2. The molecule has 2 aromatic carbocycles. The van der Waals surface area contributed by atoms with E-state index in [-0.39, 0.29) is 5.75 Å².